The van der Waals surface area contributed by atoms with Crippen LogP contribution in [0.3, 0.4) is 0 Å². The first-order valence-corrected chi connectivity index (χ1v) is 2.47. The lowest BCUT2D eigenvalue weighted by molar-refractivity contribution is 1.25. The number of rotatable bonds is 0. The second kappa shape index (κ2) is 1.46. The van der Waals surface area contributed by atoms with Crippen molar-refractivity contribution in [2.75, 3.05) is 5.73 Å². The molecule has 37 valence electrons. The highest BCUT2D eigenvalue weighted by Gasteiger charge is 1.89. The summed E-state index contributed by atoms with van der Waals surface area (Å²) in [4.78, 5) is 3.69. The Morgan fingerprint density at radius 3 is 2.57 bits per heavy atom. The molecule has 0 amide bonds. The van der Waals surface area contributed by atoms with Crippen molar-refractivity contribution < 1.29 is 0 Å². The molecule has 0 saturated heterocycles. The van der Waals surface area contributed by atoms with E-state index < -0.39 is 0 Å². The quantitative estimate of drug-likeness (QED) is 0.527. The zero-order valence-electron chi connectivity index (χ0n) is 3.59. The van der Waals surface area contributed by atoms with Crippen molar-refractivity contribution in [2.45, 2.75) is 0 Å². The van der Waals surface area contributed by atoms with Gasteiger partial charge in [-0.2, -0.15) is 4.37 Å². The summed E-state index contributed by atoms with van der Waals surface area (Å²) in [5, 5.41) is 0.477. The van der Waals surface area contributed by atoms with Gasteiger partial charge in [0.05, 0.1) is 0 Å². The first kappa shape index (κ1) is 4.52. The summed E-state index contributed by atoms with van der Waals surface area (Å²) in [5.41, 5.74) is 5.18. The zero-order valence-corrected chi connectivity index (χ0v) is 4.40. The Morgan fingerprint density at radius 1 is 1.71 bits per heavy atom. The van der Waals surface area contributed by atoms with E-state index in [0.29, 0.717) is 11.0 Å². The lowest BCUT2D eigenvalue weighted by Crippen LogP contribution is -1.80. The minimum Gasteiger partial charge on any atom is -0.374 e. The van der Waals surface area contributed by atoms with Crippen molar-refractivity contribution in [1.29, 1.82) is 0 Å². The van der Waals surface area contributed by atoms with Crippen LogP contribution in [0.2, 0.25) is 0 Å². The molecule has 0 aromatic carbocycles. The molecule has 0 aliphatic heterocycles. The average molecular weight is 114 g/mol. The lowest BCUT2D eigenvalue weighted by Gasteiger charge is -1.68. The third kappa shape index (κ3) is 0.866. The Bertz CT molecular complexity index is 142. The van der Waals surface area contributed by atoms with Gasteiger partial charge in [0.25, 0.3) is 0 Å². The maximum atomic E-state index is 5.18. The summed E-state index contributed by atoms with van der Waals surface area (Å²) < 4.78 is 3.71. The van der Waals surface area contributed by atoms with Crippen LogP contribution in [0.1, 0.15) is 5.82 Å². The summed E-state index contributed by atoms with van der Waals surface area (Å²) in [6.45, 7) is 3.45. The van der Waals surface area contributed by atoms with E-state index in [2.05, 4.69) is 16.3 Å². The number of nitrogens with zero attached hydrogens (tertiary/aromatic N) is 2. The largest absolute Gasteiger partial charge is 0.374 e. The molecule has 0 atom stereocenters. The average Bonchev–Trinajstić information content (AvgIpc) is 1.87. The molecular formula is C3H4N3S. The highest BCUT2D eigenvalue weighted by atomic mass is 32.1. The maximum Gasteiger partial charge on any atom is 0.199 e. The Kier molecular flexibility index (Phi) is 0.941. The number of hydrogen-bond donors (Lipinski definition) is 1. The van der Waals surface area contributed by atoms with Gasteiger partial charge < -0.3 is 5.73 Å². The van der Waals surface area contributed by atoms with E-state index >= 15 is 0 Å². The normalized spacial score (nSPS) is 9.29. The van der Waals surface area contributed by atoms with Gasteiger partial charge in [-0.15, -0.1) is 0 Å². The molecular weight excluding hydrogens is 110 g/mol. The highest BCUT2D eigenvalue weighted by Crippen LogP contribution is 2.02. The van der Waals surface area contributed by atoms with Crippen LogP contribution >= 0.6 is 11.5 Å². The van der Waals surface area contributed by atoms with Gasteiger partial charge in [-0.3, -0.25) is 0 Å². The molecule has 0 unspecified atom stereocenters. The predicted molar refractivity (Wildman–Crippen MR) is 28.8 cm³/mol. The van der Waals surface area contributed by atoms with Gasteiger partial charge in [-0.1, -0.05) is 0 Å². The molecule has 1 heterocycles. The van der Waals surface area contributed by atoms with E-state index in [1.165, 1.54) is 0 Å². The van der Waals surface area contributed by atoms with Crippen LogP contribution in [0.15, 0.2) is 0 Å². The van der Waals surface area contributed by atoms with Crippen LogP contribution in [0.5, 0.6) is 0 Å². The Labute approximate surface area is 45.4 Å². The molecule has 0 aliphatic carbocycles. The summed E-state index contributed by atoms with van der Waals surface area (Å²) in [6, 6.07) is 0. The summed E-state index contributed by atoms with van der Waals surface area (Å²) >= 11 is 1.16. The minimum absolute atomic E-state index is 0.477. The van der Waals surface area contributed by atoms with E-state index in [1.807, 2.05) is 0 Å². The first-order valence-electron chi connectivity index (χ1n) is 1.70. The molecule has 0 aliphatic rings. The van der Waals surface area contributed by atoms with Gasteiger partial charge in [-0.05, 0) is 0 Å². The molecule has 7 heavy (non-hydrogen) atoms. The number of anilines is 1. The number of nitrogens with two attached hydrogens (primary N) is 1. The van der Waals surface area contributed by atoms with E-state index in [4.69, 9.17) is 5.73 Å². The van der Waals surface area contributed by atoms with Crippen LogP contribution in [-0.2, 0) is 0 Å². The third-order valence-corrected chi connectivity index (χ3v) is 1.06. The molecule has 3 nitrogen and oxygen atoms in total. The fraction of sp³-hybridized carbons (Fsp3) is 0. The van der Waals surface area contributed by atoms with Gasteiger partial charge in [0.2, 0.25) is 0 Å². The summed E-state index contributed by atoms with van der Waals surface area (Å²) in [5.74, 6) is 0.502. The van der Waals surface area contributed by atoms with Gasteiger partial charge in [-0.25, -0.2) is 4.98 Å². The van der Waals surface area contributed by atoms with Crippen molar-refractivity contribution in [2.24, 2.45) is 0 Å². The number of hydrogen-bond acceptors (Lipinski definition) is 4. The zero-order chi connectivity index (χ0) is 5.28. The number of nitrogen functional groups attached to an aromatic ring is 1. The Balaban J connectivity index is 3.04. The fourth-order valence-electron chi connectivity index (χ4n) is 0.267. The second-order valence-electron chi connectivity index (χ2n) is 1.05. The van der Waals surface area contributed by atoms with Crippen LogP contribution in [0, 0.1) is 6.92 Å². The molecule has 2 N–H and O–H groups in total. The fourth-order valence-corrected chi connectivity index (χ4v) is 0.653. The topological polar surface area (TPSA) is 51.8 Å². The Morgan fingerprint density at radius 2 is 2.43 bits per heavy atom. The van der Waals surface area contributed by atoms with Gasteiger partial charge in [0.15, 0.2) is 5.13 Å². The molecule has 1 rings (SSSR count). The van der Waals surface area contributed by atoms with Crippen molar-refractivity contribution in [3.63, 3.8) is 0 Å². The molecule has 0 spiro atoms. The van der Waals surface area contributed by atoms with Crippen molar-refractivity contribution in [3.05, 3.63) is 12.7 Å². The van der Waals surface area contributed by atoms with Crippen molar-refractivity contribution >= 4 is 16.7 Å². The molecule has 1 radical (unpaired) electrons. The minimum atomic E-state index is 0.477. The Hall–Kier alpha value is -0.640. The standard InChI is InChI=1S/C3H4N3S/c1-2-5-3(4)7-6-2/h1H2,(H2,4,5,6). The third-order valence-electron chi connectivity index (χ3n) is 0.484. The van der Waals surface area contributed by atoms with Gasteiger partial charge >= 0.3 is 0 Å². The smallest absolute Gasteiger partial charge is 0.199 e. The SMILES string of the molecule is [CH2]c1nsc(N)n1. The van der Waals surface area contributed by atoms with E-state index in [0.717, 1.165) is 11.5 Å². The summed E-state index contributed by atoms with van der Waals surface area (Å²) in [7, 11) is 0. The van der Waals surface area contributed by atoms with Gasteiger partial charge in [0, 0.05) is 18.5 Å². The maximum absolute atomic E-state index is 5.18. The lowest BCUT2D eigenvalue weighted by atomic mass is 10.8. The molecule has 1 aromatic rings. The number of aromatic nitrogens is 2. The monoisotopic (exact) mass is 114 g/mol. The molecule has 1 aromatic heterocycles. The van der Waals surface area contributed by atoms with Crippen molar-refractivity contribution in [1.82, 2.24) is 9.36 Å². The van der Waals surface area contributed by atoms with Crippen LogP contribution in [0.25, 0.3) is 0 Å². The second-order valence-corrected chi connectivity index (χ2v) is 1.83. The predicted octanol–water partition coefficient (Wildman–Crippen LogP) is 0.302. The molecule has 0 fully saturated rings. The molecule has 0 bridgehead atoms. The van der Waals surface area contributed by atoms with E-state index in [1.54, 1.807) is 0 Å². The summed E-state index contributed by atoms with van der Waals surface area (Å²) in [6.07, 6.45) is 0. The van der Waals surface area contributed by atoms with E-state index in [-0.39, 0.29) is 0 Å². The van der Waals surface area contributed by atoms with Crippen LogP contribution < -0.4 is 5.73 Å². The van der Waals surface area contributed by atoms with Gasteiger partial charge in [0.1, 0.15) is 5.82 Å². The molecule has 0 saturated carbocycles. The van der Waals surface area contributed by atoms with Crippen molar-refractivity contribution in [3.8, 4) is 0 Å². The van der Waals surface area contributed by atoms with Crippen LogP contribution in [-0.4, -0.2) is 9.36 Å². The highest BCUT2D eigenvalue weighted by molar-refractivity contribution is 7.09. The van der Waals surface area contributed by atoms with E-state index in [9.17, 15) is 0 Å². The first-order chi connectivity index (χ1) is 3.29. The molecule has 4 heteroatoms. The van der Waals surface area contributed by atoms with Crippen LogP contribution in [0.4, 0.5) is 5.13 Å².